The molecule has 17 heavy (non-hydrogen) atoms. The first-order valence-electron chi connectivity index (χ1n) is 6.54. The van der Waals surface area contributed by atoms with E-state index in [1.54, 1.807) is 0 Å². The highest BCUT2D eigenvalue weighted by Gasteiger charge is 2.26. The van der Waals surface area contributed by atoms with Crippen molar-refractivity contribution in [3.05, 3.63) is 35.4 Å². The van der Waals surface area contributed by atoms with Gasteiger partial charge in [0.15, 0.2) is 0 Å². The molecule has 2 heteroatoms. The summed E-state index contributed by atoms with van der Waals surface area (Å²) in [6.45, 7) is 3.05. The van der Waals surface area contributed by atoms with Crippen molar-refractivity contribution in [1.82, 2.24) is 5.32 Å². The van der Waals surface area contributed by atoms with E-state index >= 15 is 0 Å². The second-order valence-corrected chi connectivity index (χ2v) is 4.82. The highest BCUT2D eigenvalue weighted by Crippen LogP contribution is 2.25. The summed E-state index contributed by atoms with van der Waals surface area (Å²) in [6, 6.07) is 11.5. The highest BCUT2D eigenvalue weighted by atomic mass is 14.9. The molecule has 0 aliphatic heterocycles. The average Bonchev–Trinajstić information content (AvgIpc) is 2.84. The van der Waals surface area contributed by atoms with Crippen LogP contribution in [0.15, 0.2) is 24.3 Å². The molecule has 0 heterocycles. The molecule has 1 fully saturated rings. The van der Waals surface area contributed by atoms with Crippen LogP contribution in [-0.4, -0.2) is 6.04 Å². The van der Waals surface area contributed by atoms with Gasteiger partial charge in [-0.2, -0.15) is 5.26 Å². The SMILES string of the molecule is CCc1ccc(CNC2CCCC2C#N)cc1. The Morgan fingerprint density at radius 3 is 2.59 bits per heavy atom. The van der Waals surface area contributed by atoms with E-state index in [-0.39, 0.29) is 5.92 Å². The Morgan fingerprint density at radius 2 is 1.94 bits per heavy atom. The first-order valence-corrected chi connectivity index (χ1v) is 6.54. The fourth-order valence-electron chi connectivity index (χ4n) is 2.50. The summed E-state index contributed by atoms with van der Waals surface area (Å²) >= 11 is 0. The Labute approximate surface area is 104 Å². The van der Waals surface area contributed by atoms with E-state index in [1.165, 1.54) is 17.5 Å². The van der Waals surface area contributed by atoms with E-state index in [9.17, 15) is 0 Å². The van der Waals surface area contributed by atoms with Crippen molar-refractivity contribution in [3.63, 3.8) is 0 Å². The molecule has 2 atom stereocenters. The quantitative estimate of drug-likeness (QED) is 0.859. The zero-order valence-electron chi connectivity index (χ0n) is 10.4. The second kappa shape index (κ2) is 5.84. The molecule has 1 aliphatic rings. The summed E-state index contributed by atoms with van der Waals surface area (Å²) in [4.78, 5) is 0. The lowest BCUT2D eigenvalue weighted by Crippen LogP contribution is -2.31. The van der Waals surface area contributed by atoms with Crippen LogP contribution in [0, 0.1) is 17.2 Å². The van der Waals surface area contributed by atoms with E-state index in [4.69, 9.17) is 5.26 Å². The Bertz CT molecular complexity index is 388. The molecule has 0 aromatic heterocycles. The van der Waals surface area contributed by atoms with Crippen LogP contribution in [0.2, 0.25) is 0 Å². The maximum Gasteiger partial charge on any atom is 0.0672 e. The topological polar surface area (TPSA) is 35.8 Å². The predicted molar refractivity (Wildman–Crippen MR) is 69.4 cm³/mol. The molecule has 90 valence electrons. The number of aryl methyl sites for hydroxylation is 1. The minimum Gasteiger partial charge on any atom is -0.309 e. The van der Waals surface area contributed by atoms with Crippen molar-refractivity contribution in [3.8, 4) is 6.07 Å². The third-order valence-electron chi connectivity index (χ3n) is 3.68. The number of rotatable bonds is 4. The van der Waals surface area contributed by atoms with Crippen molar-refractivity contribution in [2.75, 3.05) is 0 Å². The van der Waals surface area contributed by atoms with Gasteiger partial charge in [-0.05, 0) is 30.4 Å². The van der Waals surface area contributed by atoms with Gasteiger partial charge in [0, 0.05) is 12.6 Å². The molecule has 0 radical (unpaired) electrons. The van der Waals surface area contributed by atoms with Crippen LogP contribution in [0.5, 0.6) is 0 Å². The van der Waals surface area contributed by atoms with Crippen LogP contribution in [-0.2, 0) is 13.0 Å². The van der Waals surface area contributed by atoms with Gasteiger partial charge in [0.25, 0.3) is 0 Å². The van der Waals surface area contributed by atoms with Gasteiger partial charge in [0.05, 0.1) is 12.0 Å². The molecule has 2 nitrogen and oxygen atoms in total. The molecule has 2 rings (SSSR count). The zero-order chi connectivity index (χ0) is 12.1. The summed E-state index contributed by atoms with van der Waals surface area (Å²) in [5, 5.41) is 12.5. The van der Waals surface area contributed by atoms with Gasteiger partial charge in [-0.3, -0.25) is 0 Å². The molecule has 0 saturated heterocycles. The van der Waals surface area contributed by atoms with E-state index in [0.29, 0.717) is 6.04 Å². The summed E-state index contributed by atoms with van der Waals surface area (Å²) in [5.74, 6) is 0.213. The molecule has 2 unspecified atom stereocenters. The summed E-state index contributed by atoms with van der Waals surface area (Å²) in [6.07, 6.45) is 4.48. The second-order valence-electron chi connectivity index (χ2n) is 4.82. The smallest absolute Gasteiger partial charge is 0.0672 e. The molecule has 0 bridgehead atoms. The first-order chi connectivity index (χ1) is 8.33. The fourth-order valence-corrected chi connectivity index (χ4v) is 2.50. The third-order valence-corrected chi connectivity index (χ3v) is 3.68. The van der Waals surface area contributed by atoms with E-state index in [0.717, 1.165) is 25.8 Å². The van der Waals surface area contributed by atoms with Crippen molar-refractivity contribution in [1.29, 1.82) is 5.26 Å². The molecular formula is C15H20N2. The Morgan fingerprint density at radius 1 is 1.24 bits per heavy atom. The number of nitriles is 1. The summed E-state index contributed by atoms with van der Waals surface area (Å²) in [5.41, 5.74) is 2.69. The van der Waals surface area contributed by atoms with E-state index in [1.807, 2.05) is 0 Å². The first kappa shape index (κ1) is 12.1. The summed E-state index contributed by atoms with van der Waals surface area (Å²) < 4.78 is 0. The van der Waals surface area contributed by atoms with Gasteiger partial charge in [-0.1, -0.05) is 37.6 Å². The number of benzene rings is 1. The standard InChI is InChI=1S/C15H20N2/c1-2-12-6-8-13(9-7-12)11-17-15-5-3-4-14(15)10-16/h6-9,14-15,17H,2-5,11H2,1H3. The molecule has 1 aromatic carbocycles. The molecule has 1 saturated carbocycles. The maximum atomic E-state index is 9.01. The van der Waals surface area contributed by atoms with Gasteiger partial charge in [-0.15, -0.1) is 0 Å². The van der Waals surface area contributed by atoms with Crippen molar-refractivity contribution < 1.29 is 0 Å². The lowest BCUT2D eigenvalue weighted by atomic mass is 10.0. The van der Waals surface area contributed by atoms with Crippen molar-refractivity contribution in [2.45, 2.75) is 45.2 Å². The van der Waals surface area contributed by atoms with Gasteiger partial charge >= 0.3 is 0 Å². The summed E-state index contributed by atoms with van der Waals surface area (Å²) in [7, 11) is 0. The van der Waals surface area contributed by atoms with Crippen LogP contribution in [0.25, 0.3) is 0 Å². The number of nitrogens with zero attached hydrogens (tertiary/aromatic N) is 1. The molecule has 1 aromatic rings. The predicted octanol–water partition coefficient (Wildman–Crippen LogP) is 3.03. The van der Waals surface area contributed by atoms with Gasteiger partial charge in [0.1, 0.15) is 0 Å². The van der Waals surface area contributed by atoms with Crippen LogP contribution in [0.4, 0.5) is 0 Å². The van der Waals surface area contributed by atoms with Gasteiger partial charge in [0.2, 0.25) is 0 Å². The molecule has 0 amide bonds. The lowest BCUT2D eigenvalue weighted by Gasteiger charge is -2.15. The van der Waals surface area contributed by atoms with E-state index < -0.39 is 0 Å². The fraction of sp³-hybridized carbons (Fsp3) is 0.533. The maximum absolute atomic E-state index is 9.01. The Balaban J connectivity index is 1.87. The minimum absolute atomic E-state index is 0.213. The molecule has 0 spiro atoms. The van der Waals surface area contributed by atoms with Gasteiger partial charge < -0.3 is 5.32 Å². The lowest BCUT2D eigenvalue weighted by molar-refractivity contribution is 0.464. The monoisotopic (exact) mass is 228 g/mol. The molecule has 1 aliphatic carbocycles. The van der Waals surface area contributed by atoms with Crippen LogP contribution < -0.4 is 5.32 Å². The van der Waals surface area contributed by atoms with E-state index in [2.05, 4.69) is 42.6 Å². The van der Waals surface area contributed by atoms with Gasteiger partial charge in [-0.25, -0.2) is 0 Å². The Hall–Kier alpha value is -1.33. The number of hydrogen-bond acceptors (Lipinski definition) is 2. The van der Waals surface area contributed by atoms with Crippen molar-refractivity contribution in [2.24, 2.45) is 5.92 Å². The van der Waals surface area contributed by atoms with Crippen LogP contribution in [0.1, 0.15) is 37.3 Å². The average molecular weight is 228 g/mol. The minimum atomic E-state index is 0.213. The van der Waals surface area contributed by atoms with Crippen molar-refractivity contribution >= 4 is 0 Å². The number of hydrogen-bond donors (Lipinski definition) is 1. The normalized spacial score (nSPS) is 23.5. The molecular weight excluding hydrogens is 208 g/mol. The van der Waals surface area contributed by atoms with Crippen LogP contribution >= 0.6 is 0 Å². The largest absolute Gasteiger partial charge is 0.309 e. The highest BCUT2D eigenvalue weighted by molar-refractivity contribution is 5.22. The zero-order valence-corrected chi connectivity index (χ0v) is 10.4. The Kier molecular flexibility index (Phi) is 4.17. The number of nitrogens with one attached hydrogen (secondary N) is 1. The molecule has 1 N–H and O–H groups in total. The van der Waals surface area contributed by atoms with Crippen LogP contribution in [0.3, 0.4) is 0 Å². The third kappa shape index (κ3) is 3.08.